The second-order valence-electron chi connectivity index (χ2n) is 8.37. The molecule has 1 fully saturated rings. The number of ketones is 1. The summed E-state index contributed by atoms with van der Waals surface area (Å²) in [5, 5.41) is 11.4. The van der Waals surface area contributed by atoms with Crippen LogP contribution >= 0.6 is 11.6 Å². The molecule has 0 spiro atoms. The Morgan fingerprint density at radius 1 is 1.03 bits per heavy atom. The fourth-order valence-electron chi connectivity index (χ4n) is 4.48. The first kappa shape index (κ1) is 26.2. The van der Waals surface area contributed by atoms with E-state index in [2.05, 4.69) is 4.90 Å². The van der Waals surface area contributed by atoms with Crippen molar-refractivity contribution in [3.63, 3.8) is 0 Å². The van der Waals surface area contributed by atoms with E-state index in [9.17, 15) is 23.5 Å². The predicted molar refractivity (Wildman–Crippen MR) is 139 cm³/mol. The lowest BCUT2D eigenvalue weighted by Crippen LogP contribution is -2.30. The first-order valence-electron chi connectivity index (χ1n) is 11.7. The molecule has 1 saturated heterocycles. The third-order valence-corrected chi connectivity index (χ3v) is 6.71. The maximum absolute atomic E-state index is 14.9. The Balaban J connectivity index is 1.96. The van der Waals surface area contributed by atoms with Crippen molar-refractivity contribution in [3.8, 4) is 5.75 Å². The molecule has 9 heteroatoms. The molecule has 0 bridgehead atoms. The molecule has 6 nitrogen and oxygen atoms in total. The topological polar surface area (TPSA) is 70.1 Å². The molecule has 1 N–H and O–H groups in total. The number of aliphatic hydroxyl groups excluding tert-OH is 1. The summed E-state index contributed by atoms with van der Waals surface area (Å²) in [5.41, 5.74) is 0.649. The highest BCUT2D eigenvalue weighted by Crippen LogP contribution is 2.44. The van der Waals surface area contributed by atoms with Crippen LogP contribution in [0.4, 0.5) is 20.2 Å². The van der Waals surface area contributed by atoms with Crippen LogP contribution in [0.1, 0.15) is 31.0 Å². The van der Waals surface area contributed by atoms with Crippen LogP contribution in [0.15, 0.2) is 66.2 Å². The van der Waals surface area contributed by atoms with Gasteiger partial charge in [0.25, 0.3) is 11.7 Å². The standard InChI is InChI=1S/C28H25ClF2N2O4/c1-4-32(5-2)18-9-6-16(7-10-18)25-24(26(34)20-15-19(37-3)11-12-21(20)29)27(35)28(36)33(25)23-14-17(30)8-13-22(23)31/h6-15,25,34H,4-5H2,1-3H3/b26-24+. The fraction of sp³-hybridized carbons (Fsp3) is 0.214. The lowest BCUT2D eigenvalue weighted by Gasteiger charge is -2.27. The summed E-state index contributed by atoms with van der Waals surface area (Å²) in [4.78, 5) is 29.5. The monoisotopic (exact) mass is 526 g/mol. The number of amides is 1. The zero-order valence-corrected chi connectivity index (χ0v) is 21.2. The summed E-state index contributed by atoms with van der Waals surface area (Å²) >= 11 is 6.32. The number of ether oxygens (including phenoxy) is 1. The van der Waals surface area contributed by atoms with E-state index in [-0.39, 0.29) is 16.2 Å². The number of anilines is 2. The molecule has 1 aliphatic heterocycles. The Labute approximate surface area is 218 Å². The van der Waals surface area contributed by atoms with Gasteiger partial charge in [0.1, 0.15) is 23.1 Å². The van der Waals surface area contributed by atoms with Crippen molar-refractivity contribution in [1.29, 1.82) is 0 Å². The van der Waals surface area contributed by atoms with E-state index in [0.717, 1.165) is 41.9 Å². The molecule has 3 aromatic carbocycles. The second-order valence-corrected chi connectivity index (χ2v) is 8.78. The maximum Gasteiger partial charge on any atom is 0.300 e. The minimum Gasteiger partial charge on any atom is -0.507 e. The molecule has 1 atom stereocenters. The summed E-state index contributed by atoms with van der Waals surface area (Å²) in [7, 11) is 1.43. The SMILES string of the molecule is CCN(CC)c1ccc(C2/C(=C(\O)c3cc(OC)ccc3Cl)C(=O)C(=O)N2c2cc(F)ccc2F)cc1. The molecule has 1 heterocycles. The van der Waals surface area contributed by atoms with Crippen LogP contribution in [0.5, 0.6) is 5.75 Å². The molecular formula is C28H25ClF2N2O4. The van der Waals surface area contributed by atoms with Gasteiger partial charge >= 0.3 is 0 Å². The van der Waals surface area contributed by atoms with Gasteiger partial charge in [-0.05, 0) is 61.9 Å². The summed E-state index contributed by atoms with van der Waals surface area (Å²) < 4.78 is 34.2. The van der Waals surface area contributed by atoms with Gasteiger partial charge in [0, 0.05) is 30.4 Å². The number of carbonyl (C=O) groups excluding carboxylic acids is 2. The number of Topliss-reactive ketones (excluding diaryl/α,β-unsaturated/α-hetero) is 1. The van der Waals surface area contributed by atoms with E-state index in [1.165, 1.54) is 19.2 Å². The van der Waals surface area contributed by atoms with E-state index in [1.807, 2.05) is 26.0 Å². The number of carbonyl (C=O) groups is 2. The Morgan fingerprint density at radius 2 is 1.70 bits per heavy atom. The van der Waals surface area contributed by atoms with Crippen LogP contribution in [0, 0.1) is 11.6 Å². The van der Waals surface area contributed by atoms with Crippen LogP contribution in [-0.4, -0.2) is 37.0 Å². The predicted octanol–water partition coefficient (Wildman–Crippen LogP) is 6.10. The minimum atomic E-state index is -1.25. The molecule has 0 saturated carbocycles. The van der Waals surface area contributed by atoms with Gasteiger partial charge in [-0.2, -0.15) is 0 Å². The fourth-order valence-corrected chi connectivity index (χ4v) is 4.69. The van der Waals surface area contributed by atoms with Crippen molar-refractivity contribution < 1.29 is 28.2 Å². The van der Waals surface area contributed by atoms with Gasteiger partial charge in [0.05, 0.1) is 29.4 Å². The van der Waals surface area contributed by atoms with Crippen LogP contribution in [-0.2, 0) is 9.59 Å². The summed E-state index contributed by atoms with van der Waals surface area (Å²) in [6.45, 7) is 5.54. The molecule has 37 heavy (non-hydrogen) atoms. The number of hydrogen-bond donors (Lipinski definition) is 1. The third-order valence-electron chi connectivity index (χ3n) is 6.38. The highest BCUT2D eigenvalue weighted by Gasteiger charge is 2.48. The first-order chi connectivity index (χ1) is 17.7. The normalized spacial score (nSPS) is 16.8. The summed E-state index contributed by atoms with van der Waals surface area (Å²) in [5.74, 6) is -4.05. The molecule has 1 aliphatic rings. The Hall–Kier alpha value is -3.91. The number of rotatable bonds is 7. The van der Waals surface area contributed by atoms with Crippen LogP contribution in [0.2, 0.25) is 5.02 Å². The van der Waals surface area contributed by atoms with Crippen LogP contribution < -0.4 is 14.5 Å². The number of methoxy groups -OCH3 is 1. The molecule has 3 aromatic rings. The molecule has 1 amide bonds. The Bertz CT molecular complexity index is 1390. The van der Waals surface area contributed by atoms with E-state index in [4.69, 9.17) is 16.3 Å². The molecule has 0 aliphatic carbocycles. The van der Waals surface area contributed by atoms with Gasteiger partial charge < -0.3 is 14.7 Å². The Morgan fingerprint density at radius 3 is 2.32 bits per heavy atom. The van der Waals surface area contributed by atoms with E-state index in [1.54, 1.807) is 18.2 Å². The Kier molecular flexibility index (Phi) is 7.50. The van der Waals surface area contributed by atoms with Crippen LogP contribution in [0.3, 0.4) is 0 Å². The molecule has 1 unspecified atom stereocenters. The second kappa shape index (κ2) is 10.6. The smallest absolute Gasteiger partial charge is 0.300 e. The molecular weight excluding hydrogens is 502 g/mol. The highest BCUT2D eigenvalue weighted by atomic mass is 35.5. The molecule has 0 radical (unpaired) electrons. The zero-order valence-electron chi connectivity index (χ0n) is 20.5. The van der Waals surface area contributed by atoms with Crippen LogP contribution in [0.25, 0.3) is 5.76 Å². The van der Waals surface area contributed by atoms with E-state index < -0.39 is 40.8 Å². The van der Waals surface area contributed by atoms with E-state index in [0.29, 0.717) is 11.3 Å². The van der Waals surface area contributed by atoms with Crippen molar-refractivity contribution in [3.05, 3.63) is 94.0 Å². The number of aliphatic hydroxyl groups is 1. The van der Waals surface area contributed by atoms with E-state index >= 15 is 0 Å². The van der Waals surface area contributed by atoms with Gasteiger partial charge in [-0.25, -0.2) is 8.78 Å². The summed E-state index contributed by atoms with van der Waals surface area (Å²) in [6, 6.07) is 12.9. The number of benzene rings is 3. The van der Waals surface area contributed by atoms with Crippen molar-refractivity contribution in [2.24, 2.45) is 0 Å². The van der Waals surface area contributed by atoms with Crippen molar-refractivity contribution in [1.82, 2.24) is 0 Å². The average Bonchev–Trinajstić information content (AvgIpc) is 3.16. The largest absolute Gasteiger partial charge is 0.507 e. The minimum absolute atomic E-state index is 0.0588. The highest BCUT2D eigenvalue weighted by molar-refractivity contribution is 6.52. The number of hydrogen-bond acceptors (Lipinski definition) is 5. The zero-order chi connectivity index (χ0) is 26.9. The average molecular weight is 527 g/mol. The number of halogens is 3. The van der Waals surface area contributed by atoms with Gasteiger partial charge in [0.2, 0.25) is 0 Å². The lowest BCUT2D eigenvalue weighted by molar-refractivity contribution is -0.132. The lowest BCUT2D eigenvalue weighted by atomic mass is 9.94. The van der Waals surface area contributed by atoms with Crippen molar-refractivity contribution >= 4 is 40.4 Å². The van der Waals surface area contributed by atoms with Gasteiger partial charge in [-0.15, -0.1) is 0 Å². The molecule has 192 valence electrons. The quantitative estimate of drug-likeness (QED) is 0.229. The molecule has 4 rings (SSSR count). The van der Waals surface area contributed by atoms with Gasteiger partial charge in [0.15, 0.2) is 0 Å². The molecule has 0 aromatic heterocycles. The maximum atomic E-state index is 14.9. The summed E-state index contributed by atoms with van der Waals surface area (Å²) in [6.07, 6.45) is 0. The van der Waals surface area contributed by atoms with Crippen molar-refractivity contribution in [2.45, 2.75) is 19.9 Å². The van der Waals surface area contributed by atoms with Crippen molar-refractivity contribution in [2.75, 3.05) is 30.0 Å². The van der Waals surface area contributed by atoms with Gasteiger partial charge in [-0.1, -0.05) is 23.7 Å². The third kappa shape index (κ3) is 4.76. The van der Waals surface area contributed by atoms with Gasteiger partial charge in [-0.3, -0.25) is 14.5 Å². The first-order valence-corrected chi connectivity index (χ1v) is 12.0. The number of nitrogens with zero attached hydrogens (tertiary/aromatic N) is 2.